The van der Waals surface area contributed by atoms with Crippen molar-refractivity contribution in [1.82, 2.24) is 15.1 Å². The Hall–Kier alpha value is -3.92. The van der Waals surface area contributed by atoms with Gasteiger partial charge in [0.2, 0.25) is 11.7 Å². The molecule has 0 spiro atoms. The lowest BCUT2D eigenvalue weighted by atomic mass is 10.1. The van der Waals surface area contributed by atoms with Gasteiger partial charge in [0.1, 0.15) is 16.4 Å². The molecule has 2 aromatic carbocycles. The monoisotopic (exact) mass is 452 g/mol. The second-order valence-corrected chi connectivity index (χ2v) is 8.35. The number of rotatable bonds is 8. The Morgan fingerprint density at radius 2 is 1.78 bits per heavy atom. The first-order chi connectivity index (χ1) is 15.5. The van der Waals surface area contributed by atoms with E-state index in [0.717, 1.165) is 5.56 Å². The SMILES string of the molecule is COc1ccc(S(=O)(=O)Nc2ccccc2Cc2nc(-c3ccncc3)no2)c(OC)c1. The van der Waals surface area contributed by atoms with E-state index in [-0.39, 0.29) is 17.1 Å². The van der Waals surface area contributed by atoms with E-state index >= 15 is 0 Å². The number of para-hydroxylation sites is 1. The zero-order valence-electron chi connectivity index (χ0n) is 17.3. The Kier molecular flexibility index (Phi) is 6.04. The smallest absolute Gasteiger partial charge is 0.265 e. The summed E-state index contributed by atoms with van der Waals surface area (Å²) in [6.07, 6.45) is 3.53. The molecule has 0 unspecified atom stereocenters. The number of pyridine rings is 1. The molecule has 0 atom stereocenters. The molecule has 9 nitrogen and oxygen atoms in total. The molecule has 0 fully saturated rings. The summed E-state index contributed by atoms with van der Waals surface area (Å²) in [6, 6.07) is 15.1. The van der Waals surface area contributed by atoms with Gasteiger partial charge in [0.15, 0.2) is 0 Å². The molecule has 2 aromatic heterocycles. The average molecular weight is 452 g/mol. The van der Waals surface area contributed by atoms with E-state index in [4.69, 9.17) is 14.0 Å². The van der Waals surface area contributed by atoms with E-state index < -0.39 is 10.0 Å². The molecule has 32 heavy (non-hydrogen) atoms. The maximum atomic E-state index is 13.1. The number of methoxy groups -OCH3 is 2. The Bertz CT molecular complexity index is 1320. The Morgan fingerprint density at radius 3 is 2.53 bits per heavy atom. The molecular weight excluding hydrogens is 432 g/mol. The van der Waals surface area contributed by atoms with Gasteiger partial charge >= 0.3 is 0 Å². The fourth-order valence-electron chi connectivity index (χ4n) is 3.08. The molecule has 0 aliphatic carbocycles. The van der Waals surface area contributed by atoms with Crippen LogP contribution in [0.1, 0.15) is 11.5 Å². The van der Waals surface area contributed by atoms with Crippen LogP contribution in [0.5, 0.6) is 11.5 Å². The van der Waals surface area contributed by atoms with Gasteiger partial charge in [0.05, 0.1) is 26.3 Å². The van der Waals surface area contributed by atoms with E-state index in [2.05, 4.69) is 19.8 Å². The van der Waals surface area contributed by atoms with Crippen molar-refractivity contribution in [2.24, 2.45) is 0 Å². The predicted molar refractivity (Wildman–Crippen MR) is 117 cm³/mol. The summed E-state index contributed by atoms with van der Waals surface area (Å²) in [5.74, 6) is 1.45. The minimum atomic E-state index is -3.94. The fourth-order valence-corrected chi connectivity index (χ4v) is 4.33. The molecule has 0 saturated heterocycles. The summed E-state index contributed by atoms with van der Waals surface area (Å²) in [4.78, 5) is 8.37. The molecule has 0 radical (unpaired) electrons. The summed E-state index contributed by atoms with van der Waals surface area (Å²) in [6.45, 7) is 0. The Morgan fingerprint density at radius 1 is 1.00 bits per heavy atom. The third-order valence-electron chi connectivity index (χ3n) is 4.67. The molecule has 4 aromatic rings. The molecule has 0 bridgehead atoms. The van der Waals surface area contributed by atoms with Crippen molar-refractivity contribution >= 4 is 15.7 Å². The topological polar surface area (TPSA) is 116 Å². The van der Waals surface area contributed by atoms with Crippen molar-refractivity contribution in [2.45, 2.75) is 11.3 Å². The van der Waals surface area contributed by atoms with Crippen LogP contribution >= 0.6 is 0 Å². The quantitative estimate of drug-likeness (QED) is 0.431. The van der Waals surface area contributed by atoms with Gasteiger partial charge in [-0.3, -0.25) is 9.71 Å². The second-order valence-electron chi connectivity index (χ2n) is 6.70. The van der Waals surface area contributed by atoms with Crippen LogP contribution in [0.4, 0.5) is 5.69 Å². The summed E-state index contributed by atoms with van der Waals surface area (Å²) >= 11 is 0. The molecule has 0 aliphatic rings. The highest BCUT2D eigenvalue weighted by Crippen LogP contribution is 2.31. The van der Waals surface area contributed by atoms with Gasteiger partial charge in [0, 0.05) is 24.0 Å². The van der Waals surface area contributed by atoms with Gasteiger partial charge in [-0.2, -0.15) is 4.98 Å². The van der Waals surface area contributed by atoms with Crippen LogP contribution in [-0.2, 0) is 16.4 Å². The molecule has 0 aliphatic heterocycles. The normalized spacial score (nSPS) is 11.2. The van der Waals surface area contributed by atoms with Gasteiger partial charge in [0.25, 0.3) is 10.0 Å². The van der Waals surface area contributed by atoms with Crippen molar-refractivity contribution in [2.75, 3.05) is 18.9 Å². The van der Waals surface area contributed by atoms with Crippen molar-refractivity contribution in [3.05, 3.63) is 78.4 Å². The van der Waals surface area contributed by atoms with E-state index in [1.807, 2.05) is 0 Å². The van der Waals surface area contributed by atoms with E-state index in [1.54, 1.807) is 54.9 Å². The minimum Gasteiger partial charge on any atom is -0.497 e. The van der Waals surface area contributed by atoms with Crippen molar-refractivity contribution in [3.63, 3.8) is 0 Å². The summed E-state index contributed by atoms with van der Waals surface area (Å²) in [7, 11) is -1.04. The summed E-state index contributed by atoms with van der Waals surface area (Å²) < 4.78 is 44.5. The van der Waals surface area contributed by atoms with Gasteiger partial charge in [-0.25, -0.2) is 8.42 Å². The molecule has 0 saturated carbocycles. The largest absolute Gasteiger partial charge is 0.497 e. The van der Waals surface area contributed by atoms with E-state index in [9.17, 15) is 8.42 Å². The Labute approximate surface area is 185 Å². The van der Waals surface area contributed by atoms with Gasteiger partial charge < -0.3 is 14.0 Å². The zero-order valence-corrected chi connectivity index (χ0v) is 18.2. The van der Waals surface area contributed by atoms with Gasteiger partial charge in [-0.05, 0) is 35.9 Å². The molecule has 164 valence electrons. The molecule has 2 heterocycles. The van der Waals surface area contributed by atoms with Crippen LogP contribution in [0.15, 0.2) is 76.4 Å². The number of sulfonamides is 1. The number of aromatic nitrogens is 3. The highest BCUT2D eigenvalue weighted by molar-refractivity contribution is 7.92. The van der Waals surface area contributed by atoms with E-state index in [0.29, 0.717) is 28.7 Å². The maximum Gasteiger partial charge on any atom is 0.265 e. The predicted octanol–water partition coefficient (Wildman–Crippen LogP) is 3.54. The minimum absolute atomic E-state index is 0.00614. The fraction of sp³-hybridized carbons (Fsp3) is 0.136. The number of benzene rings is 2. The van der Waals surface area contributed by atoms with Crippen LogP contribution in [0.25, 0.3) is 11.4 Å². The van der Waals surface area contributed by atoms with Crippen LogP contribution < -0.4 is 14.2 Å². The van der Waals surface area contributed by atoms with Crippen LogP contribution in [0.2, 0.25) is 0 Å². The molecule has 1 N–H and O–H groups in total. The number of nitrogens with zero attached hydrogens (tertiary/aromatic N) is 3. The van der Waals surface area contributed by atoms with Crippen molar-refractivity contribution in [3.8, 4) is 22.9 Å². The average Bonchev–Trinajstić information content (AvgIpc) is 3.29. The number of hydrogen-bond donors (Lipinski definition) is 1. The Balaban J connectivity index is 1.60. The highest BCUT2D eigenvalue weighted by atomic mass is 32.2. The first-order valence-corrected chi connectivity index (χ1v) is 11.0. The third-order valence-corrected chi connectivity index (χ3v) is 6.08. The van der Waals surface area contributed by atoms with Gasteiger partial charge in [-0.15, -0.1) is 0 Å². The number of hydrogen-bond acceptors (Lipinski definition) is 8. The second kappa shape index (κ2) is 9.06. The lowest BCUT2D eigenvalue weighted by Gasteiger charge is -2.14. The van der Waals surface area contributed by atoms with Crippen LogP contribution in [-0.4, -0.2) is 37.8 Å². The summed E-state index contributed by atoms with van der Waals surface area (Å²) in [5, 5.41) is 3.99. The standard InChI is InChI=1S/C22H20N4O5S/c1-29-17-7-8-20(19(14-17)30-2)32(27,28)26-18-6-4-3-5-16(18)13-21-24-22(25-31-21)15-9-11-23-12-10-15/h3-12,14,26H,13H2,1-2H3. The van der Waals surface area contributed by atoms with Gasteiger partial charge in [-0.1, -0.05) is 23.4 Å². The zero-order chi connectivity index (χ0) is 22.6. The van der Waals surface area contributed by atoms with Crippen molar-refractivity contribution < 1.29 is 22.4 Å². The van der Waals surface area contributed by atoms with E-state index in [1.165, 1.54) is 26.4 Å². The summed E-state index contributed by atoms with van der Waals surface area (Å²) in [5.41, 5.74) is 1.85. The molecular formula is C22H20N4O5S. The third kappa shape index (κ3) is 4.54. The van der Waals surface area contributed by atoms with Crippen LogP contribution in [0.3, 0.4) is 0 Å². The lowest BCUT2D eigenvalue weighted by Crippen LogP contribution is -2.15. The lowest BCUT2D eigenvalue weighted by molar-refractivity contribution is 0.385. The molecule has 4 rings (SSSR count). The van der Waals surface area contributed by atoms with Crippen molar-refractivity contribution in [1.29, 1.82) is 0 Å². The first kappa shape index (κ1) is 21.3. The number of ether oxygens (including phenoxy) is 2. The number of nitrogens with one attached hydrogen (secondary N) is 1. The maximum absolute atomic E-state index is 13.1. The molecule has 10 heteroatoms. The number of anilines is 1. The highest BCUT2D eigenvalue weighted by Gasteiger charge is 2.22. The first-order valence-electron chi connectivity index (χ1n) is 9.56. The van der Waals surface area contributed by atoms with Crippen LogP contribution in [0, 0.1) is 0 Å². The molecule has 0 amide bonds.